The third kappa shape index (κ3) is 6.64. The Morgan fingerprint density at radius 1 is 1.20 bits per heavy atom. The fourth-order valence-corrected chi connectivity index (χ4v) is 3.66. The first-order valence-corrected chi connectivity index (χ1v) is 10.8. The van der Waals surface area contributed by atoms with E-state index in [9.17, 15) is 18.0 Å². The molecule has 0 saturated carbocycles. The Balaban J connectivity index is 1.92. The van der Waals surface area contributed by atoms with Crippen molar-refractivity contribution in [1.29, 1.82) is 0 Å². The molecule has 186 valence electrons. The van der Waals surface area contributed by atoms with Gasteiger partial charge in [-0.3, -0.25) is 9.69 Å². The van der Waals surface area contributed by atoms with Gasteiger partial charge in [-0.1, -0.05) is 12.0 Å². The van der Waals surface area contributed by atoms with Crippen LogP contribution in [0.1, 0.15) is 12.5 Å². The van der Waals surface area contributed by atoms with Crippen molar-refractivity contribution >= 4 is 17.7 Å². The average molecular weight is 489 g/mol. The molecule has 2 aromatic rings. The molecule has 1 aliphatic heterocycles. The van der Waals surface area contributed by atoms with Crippen molar-refractivity contribution in [2.24, 2.45) is 0 Å². The minimum Gasteiger partial charge on any atom is -0.406 e. The number of aromatic nitrogens is 2. The van der Waals surface area contributed by atoms with Crippen LogP contribution in [-0.4, -0.2) is 72.1 Å². The molecule has 0 radical (unpaired) electrons. The van der Waals surface area contributed by atoms with Crippen molar-refractivity contribution < 1.29 is 27.8 Å². The summed E-state index contributed by atoms with van der Waals surface area (Å²) in [4.78, 5) is 26.9. The van der Waals surface area contributed by atoms with Crippen LogP contribution < -0.4 is 14.5 Å². The number of nitrogens with zero attached hydrogens (tertiary/aromatic N) is 5. The summed E-state index contributed by atoms with van der Waals surface area (Å²) in [6.45, 7) is 5.20. The summed E-state index contributed by atoms with van der Waals surface area (Å²) in [6, 6.07) is 8.44. The molecule has 35 heavy (non-hydrogen) atoms. The number of aliphatic hydroxyl groups is 1. The molecule has 2 heterocycles. The Morgan fingerprint density at radius 2 is 1.86 bits per heavy atom. The number of halogens is 3. The van der Waals surface area contributed by atoms with E-state index in [-0.39, 0.29) is 18.3 Å². The zero-order valence-electron chi connectivity index (χ0n) is 19.6. The Morgan fingerprint density at radius 3 is 2.43 bits per heavy atom. The van der Waals surface area contributed by atoms with Gasteiger partial charge in [0, 0.05) is 56.5 Å². The number of alkyl halides is 3. The fourth-order valence-electron chi connectivity index (χ4n) is 3.66. The van der Waals surface area contributed by atoms with Crippen LogP contribution in [-0.2, 0) is 4.79 Å². The number of carbonyl (C=O) groups excluding carboxylic acids is 1. The van der Waals surface area contributed by atoms with E-state index in [0.717, 1.165) is 0 Å². The maximum atomic E-state index is 12.5. The molecular weight excluding hydrogens is 463 g/mol. The predicted molar refractivity (Wildman–Crippen MR) is 126 cm³/mol. The number of rotatable bonds is 6. The normalized spacial score (nSPS) is 14.0. The van der Waals surface area contributed by atoms with E-state index < -0.39 is 6.36 Å². The van der Waals surface area contributed by atoms with E-state index in [0.29, 0.717) is 54.8 Å². The number of aliphatic hydroxyl groups excluding tert-OH is 1. The number of amides is 1. The molecule has 1 fully saturated rings. The summed E-state index contributed by atoms with van der Waals surface area (Å²) in [6.07, 6.45) is -2.03. The number of ether oxygens (including phenoxy) is 1. The Hall–Kier alpha value is -3.78. The number of anilines is 2. The second-order valence-electron chi connectivity index (χ2n) is 7.71. The maximum absolute atomic E-state index is 12.5. The van der Waals surface area contributed by atoms with E-state index in [1.54, 1.807) is 23.8 Å². The molecule has 1 N–H and O–H groups in total. The molecule has 1 aromatic heterocycles. The van der Waals surface area contributed by atoms with Crippen LogP contribution in [0.4, 0.5) is 24.9 Å². The monoisotopic (exact) mass is 489 g/mol. The van der Waals surface area contributed by atoms with E-state index >= 15 is 0 Å². The van der Waals surface area contributed by atoms with E-state index in [4.69, 9.17) is 15.1 Å². The smallest absolute Gasteiger partial charge is 0.406 e. The molecule has 0 spiro atoms. The van der Waals surface area contributed by atoms with Gasteiger partial charge in [-0.25, -0.2) is 4.98 Å². The summed E-state index contributed by atoms with van der Waals surface area (Å²) >= 11 is 0. The highest BCUT2D eigenvalue weighted by Crippen LogP contribution is 2.32. The highest BCUT2D eigenvalue weighted by molar-refractivity contribution is 5.87. The van der Waals surface area contributed by atoms with Crippen LogP contribution in [0.2, 0.25) is 0 Å². The lowest BCUT2D eigenvalue weighted by Gasteiger charge is -2.34. The standard InChI is InChI=1S/C24H26F3N5O3/c1-4-11-30(3)22-17(2)21(18-7-9-19(10-8-18)35-24(25,26)27)28-23(29-22)32-14-12-31(13-15-32)20(34)6-5-16-33/h5-10,33H,12-16H2,1-3H3/b6-5+. The average Bonchev–Trinajstić information content (AvgIpc) is 2.82. The van der Waals surface area contributed by atoms with Gasteiger partial charge in [0.25, 0.3) is 0 Å². The number of hydrogen-bond acceptors (Lipinski definition) is 7. The first-order valence-electron chi connectivity index (χ1n) is 10.8. The van der Waals surface area contributed by atoms with Crippen LogP contribution >= 0.6 is 0 Å². The largest absolute Gasteiger partial charge is 0.573 e. The minimum atomic E-state index is -4.77. The number of carbonyl (C=O) groups is 1. The third-order valence-electron chi connectivity index (χ3n) is 5.31. The summed E-state index contributed by atoms with van der Waals surface area (Å²) in [5, 5.41) is 8.87. The molecule has 0 bridgehead atoms. The zero-order chi connectivity index (χ0) is 25.6. The lowest BCUT2D eigenvalue weighted by atomic mass is 10.1. The second kappa shape index (κ2) is 11.1. The molecular formula is C24H26F3N5O3. The van der Waals surface area contributed by atoms with Gasteiger partial charge in [0.15, 0.2) is 0 Å². The number of benzene rings is 1. The quantitative estimate of drug-likeness (QED) is 0.380. The Bertz CT molecular complexity index is 1130. The van der Waals surface area contributed by atoms with Gasteiger partial charge in [0.2, 0.25) is 11.9 Å². The number of hydrogen-bond donors (Lipinski definition) is 1. The lowest BCUT2D eigenvalue weighted by Crippen LogP contribution is -2.49. The highest BCUT2D eigenvalue weighted by Gasteiger charge is 2.31. The molecule has 1 saturated heterocycles. The SMILES string of the molecule is CC#CN(C)c1nc(N2CCN(C(=O)/C=C/CO)CC2)nc(-c2ccc(OC(F)(F)F)cc2)c1C. The van der Waals surface area contributed by atoms with Gasteiger partial charge in [0.05, 0.1) is 12.3 Å². The molecule has 0 unspecified atom stereocenters. The summed E-state index contributed by atoms with van der Waals surface area (Å²) < 4.78 is 41.6. The maximum Gasteiger partial charge on any atom is 0.573 e. The van der Waals surface area contributed by atoms with Gasteiger partial charge in [-0.05, 0) is 38.1 Å². The molecule has 3 rings (SSSR count). The summed E-state index contributed by atoms with van der Waals surface area (Å²) in [5.41, 5.74) is 1.87. The van der Waals surface area contributed by atoms with E-state index in [1.807, 2.05) is 11.8 Å². The van der Waals surface area contributed by atoms with Crippen LogP contribution in [0.15, 0.2) is 36.4 Å². The minimum absolute atomic E-state index is 0.177. The fraction of sp³-hybridized carbons (Fsp3) is 0.375. The number of piperazine rings is 1. The molecule has 1 aliphatic rings. The van der Waals surface area contributed by atoms with Crippen molar-refractivity contribution in [1.82, 2.24) is 14.9 Å². The highest BCUT2D eigenvalue weighted by atomic mass is 19.4. The van der Waals surface area contributed by atoms with Crippen LogP contribution in [0, 0.1) is 18.9 Å². The van der Waals surface area contributed by atoms with Gasteiger partial charge in [-0.15, -0.1) is 13.2 Å². The van der Waals surface area contributed by atoms with Crippen molar-refractivity contribution in [3.63, 3.8) is 0 Å². The molecule has 1 amide bonds. The molecule has 11 heteroatoms. The lowest BCUT2D eigenvalue weighted by molar-refractivity contribution is -0.274. The Labute approximate surface area is 201 Å². The van der Waals surface area contributed by atoms with E-state index in [1.165, 1.54) is 36.4 Å². The van der Waals surface area contributed by atoms with Crippen molar-refractivity contribution in [2.75, 3.05) is 49.6 Å². The topological polar surface area (TPSA) is 82.0 Å². The van der Waals surface area contributed by atoms with Gasteiger partial charge < -0.3 is 19.6 Å². The molecule has 1 aromatic carbocycles. The van der Waals surface area contributed by atoms with Crippen molar-refractivity contribution in [3.05, 3.63) is 42.0 Å². The second-order valence-corrected chi connectivity index (χ2v) is 7.71. The first-order chi connectivity index (χ1) is 16.6. The molecule has 8 nitrogen and oxygen atoms in total. The van der Waals surface area contributed by atoms with Crippen molar-refractivity contribution in [2.45, 2.75) is 20.2 Å². The Kier molecular flexibility index (Phi) is 8.19. The predicted octanol–water partition coefficient (Wildman–Crippen LogP) is 2.96. The molecule has 0 aliphatic carbocycles. The zero-order valence-corrected chi connectivity index (χ0v) is 19.6. The summed E-state index contributed by atoms with van der Waals surface area (Å²) in [7, 11) is 1.77. The van der Waals surface area contributed by atoms with E-state index in [2.05, 4.69) is 16.7 Å². The first kappa shape index (κ1) is 25.8. The van der Waals surface area contributed by atoms with Crippen LogP contribution in [0.3, 0.4) is 0 Å². The van der Waals surface area contributed by atoms with Gasteiger partial charge in [0.1, 0.15) is 11.6 Å². The molecule has 0 atom stereocenters. The van der Waals surface area contributed by atoms with Crippen molar-refractivity contribution in [3.8, 4) is 29.0 Å². The third-order valence-corrected chi connectivity index (χ3v) is 5.31. The van der Waals surface area contributed by atoms with Gasteiger partial charge >= 0.3 is 6.36 Å². The van der Waals surface area contributed by atoms with Gasteiger partial charge in [-0.2, -0.15) is 4.98 Å². The summed E-state index contributed by atoms with van der Waals surface area (Å²) in [5.74, 6) is 3.33. The van der Waals surface area contributed by atoms with Crippen LogP contribution in [0.5, 0.6) is 5.75 Å². The van der Waals surface area contributed by atoms with Crippen LogP contribution in [0.25, 0.3) is 11.3 Å².